The molecule has 30 heavy (non-hydrogen) atoms. The van der Waals surface area contributed by atoms with Crippen LogP contribution in [0.2, 0.25) is 0 Å². The number of amides is 1. The van der Waals surface area contributed by atoms with Crippen LogP contribution in [0.5, 0.6) is 5.75 Å². The van der Waals surface area contributed by atoms with E-state index in [9.17, 15) is 4.79 Å². The molecule has 0 aliphatic carbocycles. The number of aryl methyl sites for hydroxylation is 1. The smallest absolute Gasteiger partial charge is 0.324 e. The van der Waals surface area contributed by atoms with Gasteiger partial charge in [0.15, 0.2) is 0 Å². The van der Waals surface area contributed by atoms with Gasteiger partial charge in [0, 0.05) is 30.3 Å². The zero-order chi connectivity index (χ0) is 20.9. The van der Waals surface area contributed by atoms with Crippen LogP contribution in [0, 0.1) is 5.92 Å². The third kappa shape index (κ3) is 4.45. The molecule has 1 fully saturated rings. The normalized spacial score (nSPS) is 14.5. The number of aromatic nitrogens is 2. The molecule has 2 aromatic carbocycles. The second kappa shape index (κ2) is 8.98. The first-order valence-corrected chi connectivity index (χ1v) is 10.3. The highest BCUT2D eigenvalue weighted by Gasteiger charge is 2.27. The van der Waals surface area contributed by atoms with Crippen LogP contribution in [0.3, 0.4) is 0 Å². The zero-order valence-corrected chi connectivity index (χ0v) is 17.3. The Morgan fingerprint density at radius 1 is 1.20 bits per heavy atom. The number of ether oxygens (including phenoxy) is 1. The van der Waals surface area contributed by atoms with Gasteiger partial charge in [0.25, 0.3) is 0 Å². The number of carbonyl (C=O) groups excluding carboxylic acids is 1. The Labute approximate surface area is 176 Å². The summed E-state index contributed by atoms with van der Waals surface area (Å²) >= 11 is 0. The van der Waals surface area contributed by atoms with Crippen LogP contribution in [0.25, 0.3) is 11.4 Å². The summed E-state index contributed by atoms with van der Waals surface area (Å²) in [6, 6.07) is 16.0. The van der Waals surface area contributed by atoms with Gasteiger partial charge in [0.05, 0.1) is 7.11 Å². The molecule has 3 aromatic rings. The SMILES string of the molecule is CCc1cccc(NC(=O)C2CCN(c3nc(-c4ccc(OC)cc4)no3)CC2)c1. The summed E-state index contributed by atoms with van der Waals surface area (Å²) in [5.41, 5.74) is 2.95. The monoisotopic (exact) mass is 406 g/mol. The van der Waals surface area contributed by atoms with Crippen molar-refractivity contribution in [3.63, 3.8) is 0 Å². The van der Waals surface area contributed by atoms with Crippen molar-refractivity contribution in [2.75, 3.05) is 30.4 Å². The molecular weight excluding hydrogens is 380 g/mol. The number of rotatable bonds is 6. The second-order valence-electron chi connectivity index (χ2n) is 7.43. The van der Waals surface area contributed by atoms with Crippen LogP contribution in [-0.2, 0) is 11.2 Å². The molecule has 7 heteroatoms. The van der Waals surface area contributed by atoms with Crippen LogP contribution < -0.4 is 15.0 Å². The Hall–Kier alpha value is -3.35. The molecule has 1 aliphatic rings. The van der Waals surface area contributed by atoms with Gasteiger partial charge in [-0.3, -0.25) is 4.79 Å². The first-order valence-electron chi connectivity index (χ1n) is 10.3. The summed E-state index contributed by atoms with van der Waals surface area (Å²) in [5.74, 6) is 1.38. The van der Waals surface area contributed by atoms with E-state index in [4.69, 9.17) is 9.26 Å². The van der Waals surface area contributed by atoms with E-state index in [1.807, 2.05) is 47.4 Å². The number of carbonyl (C=O) groups is 1. The van der Waals surface area contributed by atoms with Crippen molar-refractivity contribution in [2.24, 2.45) is 5.92 Å². The quantitative estimate of drug-likeness (QED) is 0.662. The molecule has 1 saturated heterocycles. The maximum absolute atomic E-state index is 12.7. The molecule has 7 nitrogen and oxygen atoms in total. The Morgan fingerprint density at radius 2 is 1.97 bits per heavy atom. The fourth-order valence-corrected chi connectivity index (χ4v) is 3.65. The zero-order valence-electron chi connectivity index (χ0n) is 17.3. The highest BCUT2D eigenvalue weighted by molar-refractivity contribution is 5.92. The molecule has 156 valence electrons. The van der Waals surface area contributed by atoms with E-state index in [0.29, 0.717) is 24.9 Å². The van der Waals surface area contributed by atoms with Crippen molar-refractivity contribution in [2.45, 2.75) is 26.2 Å². The van der Waals surface area contributed by atoms with Gasteiger partial charge in [-0.05, 0) is 61.2 Å². The number of hydrogen-bond acceptors (Lipinski definition) is 6. The van der Waals surface area contributed by atoms with E-state index in [-0.39, 0.29) is 11.8 Å². The lowest BCUT2D eigenvalue weighted by molar-refractivity contribution is -0.120. The highest BCUT2D eigenvalue weighted by atomic mass is 16.5. The first-order chi connectivity index (χ1) is 14.7. The highest BCUT2D eigenvalue weighted by Crippen LogP contribution is 2.26. The molecule has 1 amide bonds. The minimum atomic E-state index is -0.0180. The van der Waals surface area contributed by atoms with Crippen LogP contribution >= 0.6 is 0 Å². The predicted octanol–water partition coefficient (Wildman–Crippen LogP) is 4.16. The Balaban J connectivity index is 1.34. The van der Waals surface area contributed by atoms with Crippen molar-refractivity contribution >= 4 is 17.6 Å². The molecule has 0 spiro atoms. The van der Waals surface area contributed by atoms with Crippen LogP contribution in [0.15, 0.2) is 53.1 Å². The van der Waals surface area contributed by atoms with Gasteiger partial charge in [0.1, 0.15) is 5.75 Å². The summed E-state index contributed by atoms with van der Waals surface area (Å²) < 4.78 is 10.6. The lowest BCUT2D eigenvalue weighted by atomic mass is 9.96. The number of nitrogens with zero attached hydrogens (tertiary/aromatic N) is 3. The van der Waals surface area contributed by atoms with Crippen LogP contribution in [0.4, 0.5) is 11.7 Å². The van der Waals surface area contributed by atoms with E-state index in [1.165, 1.54) is 5.56 Å². The summed E-state index contributed by atoms with van der Waals surface area (Å²) in [6.07, 6.45) is 2.45. The van der Waals surface area contributed by atoms with E-state index in [0.717, 1.165) is 36.3 Å². The van der Waals surface area contributed by atoms with Crippen molar-refractivity contribution < 1.29 is 14.1 Å². The topological polar surface area (TPSA) is 80.5 Å². The lowest BCUT2D eigenvalue weighted by Crippen LogP contribution is -2.38. The average molecular weight is 406 g/mol. The maximum atomic E-state index is 12.7. The van der Waals surface area contributed by atoms with Gasteiger partial charge in [0.2, 0.25) is 11.7 Å². The van der Waals surface area contributed by atoms with Crippen LogP contribution in [-0.4, -0.2) is 36.2 Å². The molecule has 4 rings (SSSR count). The van der Waals surface area contributed by atoms with Crippen molar-refractivity contribution in [1.29, 1.82) is 0 Å². The number of nitrogens with one attached hydrogen (secondary N) is 1. The molecular formula is C23H26N4O3. The minimum absolute atomic E-state index is 0.0180. The molecule has 0 radical (unpaired) electrons. The maximum Gasteiger partial charge on any atom is 0.324 e. The van der Waals surface area contributed by atoms with Crippen molar-refractivity contribution in [3.8, 4) is 17.1 Å². The van der Waals surface area contributed by atoms with Gasteiger partial charge in [-0.25, -0.2) is 0 Å². The second-order valence-corrected chi connectivity index (χ2v) is 7.43. The summed E-state index contributed by atoms with van der Waals surface area (Å²) in [7, 11) is 1.63. The number of benzene rings is 2. The van der Waals surface area contributed by atoms with Gasteiger partial charge >= 0.3 is 6.01 Å². The summed E-state index contributed by atoms with van der Waals surface area (Å²) in [6.45, 7) is 3.52. The number of hydrogen-bond donors (Lipinski definition) is 1. The molecule has 1 N–H and O–H groups in total. The van der Waals surface area contributed by atoms with Crippen molar-refractivity contribution in [3.05, 3.63) is 54.1 Å². The molecule has 0 unspecified atom stereocenters. The predicted molar refractivity (Wildman–Crippen MR) is 116 cm³/mol. The Morgan fingerprint density at radius 3 is 2.67 bits per heavy atom. The Bertz CT molecular complexity index is 992. The first kappa shape index (κ1) is 19.9. The summed E-state index contributed by atoms with van der Waals surface area (Å²) in [4.78, 5) is 19.2. The third-order valence-electron chi connectivity index (χ3n) is 5.50. The molecule has 0 bridgehead atoms. The van der Waals surface area contributed by atoms with E-state index in [2.05, 4.69) is 28.4 Å². The third-order valence-corrected chi connectivity index (χ3v) is 5.50. The van der Waals surface area contributed by atoms with Gasteiger partial charge in [-0.2, -0.15) is 4.98 Å². The van der Waals surface area contributed by atoms with E-state index >= 15 is 0 Å². The minimum Gasteiger partial charge on any atom is -0.497 e. The van der Waals surface area contributed by atoms with Crippen molar-refractivity contribution in [1.82, 2.24) is 10.1 Å². The molecule has 1 aliphatic heterocycles. The Kier molecular flexibility index (Phi) is 5.97. The number of piperidine rings is 1. The summed E-state index contributed by atoms with van der Waals surface area (Å²) in [5, 5.41) is 7.15. The van der Waals surface area contributed by atoms with Gasteiger partial charge < -0.3 is 19.5 Å². The molecule has 1 aromatic heterocycles. The lowest BCUT2D eigenvalue weighted by Gasteiger charge is -2.29. The molecule has 2 heterocycles. The van der Waals surface area contributed by atoms with Gasteiger partial charge in [-0.15, -0.1) is 0 Å². The van der Waals surface area contributed by atoms with E-state index < -0.39 is 0 Å². The molecule has 0 atom stereocenters. The fourth-order valence-electron chi connectivity index (χ4n) is 3.65. The largest absolute Gasteiger partial charge is 0.497 e. The van der Waals surface area contributed by atoms with E-state index in [1.54, 1.807) is 7.11 Å². The average Bonchev–Trinajstić information content (AvgIpc) is 3.29. The van der Waals surface area contributed by atoms with Crippen LogP contribution in [0.1, 0.15) is 25.3 Å². The number of anilines is 2. The number of methoxy groups -OCH3 is 1. The molecule has 0 saturated carbocycles. The standard InChI is InChI=1S/C23H26N4O3/c1-3-16-5-4-6-19(15-16)24-22(28)18-11-13-27(14-12-18)23-25-21(26-30-23)17-7-9-20(29-2)10-8-17/h4-10,15,18H,3,11-14H2,1-2H3,(H,24,28). The fraction of sp³-hybridized carbons (Fsp3) is 0.348. The van der Waals surface area contributed by atoms with Gasteiger partial charge in [-0.1, -0.05) is 24.2 Å².